The average Bonchev–Trinajstić information content (AvgIpc) is 3.21. The summed E-state index contributed by atoms with van der Waals surface area (Å²) in [5.41, 5.74) is 0. The molecule has 0 unspecified atom stereocenters. The Morgan fingerprint density at radius 2 is 0.323 bits per heavy atom. The molecule has 0 aromatic rings. The third-order valence-electron chi connectivity index (χ3n) is 11.6. The van der Waals surface area contributed by atoms with Crippen LogP contribution in [-0.4, -0.2) is 0 Å². The van der Waals surface area contributed by atoms with Crippen LogP contribution < -0.4 is 14.7 Å². The standard InChI is InChI=1S/3C18H37.H3O3PS.3Zn/c3*1-3-5-7-9-11-13-15-17-18-16-14-12-10-8-6-4-2;1-4(2,3)5;;;/h3*1,3-18H2,2H3;(H3,1,2,3,5);;;/q3*-1;;3*+2/p-3. The molecule has 0 bridgehead atoms. The van der Waals surface area contributed by atoms with Crippen molar-refractivity contribution in [3.8, 4) is 0 Å². The van der Waals surface area contributed by atoms with Gasteiger partial charge in [-0.15, -0.1) is 0 Å². The van der Waals surface area contributed by atoms with E-state index in [9.17, 15) is 0 Å². The second kappa shape index (κ2) is 77.6. The van der Waals surface area contributed by atoms with Crippen molar-refractivity contribution in [3.63, 3.8) is 0 Å². The van der Waals surface area contributed by atoms with Crippen molar-refractivity contribution in [3.05, 3.63) is 20.8 Å². The Kier molecular flexibility index (Phi) is 98.3. The van der Waals surface area contributed by atoms with Crippen LogP contribution in [0, 0.1) is 20.8 Å². The molecule has 0 amide bonds. The average molecular weight is 1070 g/mol. The van der Waals surface area contributed by atoms with Gasteiger partial charge in [-0.2, -0.15) is 31.1 Å². The SMILES string of the molecule is [CH2-]CCCCCCCCCCCCCCCCC.[CH2-]CCCCCCCCCCCCCCCCC.[CH2-]CCCCCCCCCCCCCCCCC.[O-]P([O-])([O-])=S.[Zn+2].[Zn+2].[Zn+2]. The van der Waals surface area contributed by atoms with Gasteiger partial charge in [-0.25, -0.2) is 0 Å². The third-order valence-corrected chi connectivity index (χ3v) is 11.6. The van der Waals surface area contributed by atoms with Gasteiger partial charge in [0.1, 0.15) is 0 Å². The summed E-state index contributed by atoms with van der Waals surface area (Å²) in [6.45, 7) is 14.0. The smallest absolute Gasteiger partial charge is 0.844 e. The minimum atomic E-state index is -4.56. The molecule has 362 valence electrons. The van der Waals surface area contributed by atoms with Crippen LogP contribution in [0.4, 0.5) is 0 Å². The van der Waals surface area contributed by atoms with E-state index < -0.39 is 6.72 Å². The summed E-state index contributed by atoms with van der Waals surface area (Å²) in [7, 11) is 0. The molecule has 0 aliphatic heterocycles. The number of hydrogen-bond acceptors (Lipinski definition) is 4. The van der Waals surface area contributed by atoms with E-state index in [0.717, 1.165) is 19.3 Å². The number of hydrogen-bond donors (Lipinski definition) is 0. The fraction of sp³-hybridized carbons (Fsp3) is 0.944. The van der Waals surface area contributed by atoms with Gasteiger partial charge >= 0.3 is 58.4 Å². The fourth-order valence-electron chi connectivity index (χ4n) is 7.64. The van der Waals surface area contributed by atoms with E-state index in [1.165, 1.54) is 289 Å². The summed E-state index contributed by atoms with van der Waals surface area (Å²) in [4.78, 5) is 26.8. The van der Waals surface area contributed by atoms with Crippen LogP contribution in [-0.2, 0) is 70.2 Å². The van der Waals surface area contributed by atoms with Crippen molar-refractivity contribution < 1.29 is 73.1 Å². The molecule has 3 nitrogen and oxygen atoms in total. The van der Waals surface area contributed by atoms with Crippen LogP contribution in [0.2, 0.25) is 0 Å². The second-order valence-corrected chi connectivity index (χ2v) is 20.1. The van der Waals surface area contributed by atoms with E-state index in [1.807, 2.05) is 0 Å². The van der Waals surface area contributed by atoms with Gasteiger partial charge in [0.2, 0.25) is 0 Å². The molecule has 0 fully saturated rings. The summed E-state index contributed by atoms with van der Waals surface area (Å²) in [5, 5.41) is 0. The molecule has 0 saturated carbocycles. The van der Waals surface area contributed by atoms with Gasteiger partial charge in [0.05, 0.1) is 0 Å². The maximum atomic E-state index is 8.92. The molecule has 0 aromatic heterocycles. The van der Waals surface area contributed by atoms with Crippen LogP contribution in [0.5, 0.6) is 0 Å². The molecular weight excluding hydrogens is 956 g/mol. The second-order valence-electron chi connectivity index (χ2n) is 17.9. The first kappa shape index (κ1) is 78.6. The molecular formula is C54H111O3PSZn3. The van der Waals surface area contributed by atoms with Gasteiger partial charge in [-0.1, -0.05) is 310 Å². The summed E-state index contributed by atoms with van der Waals surface area (Å²) in [6, 6.07) is 0. The Bertz CT molecular complexity index is 584. The number of unbranched alkanes of at least 4 members (excludes halogenated alkanes) is 45. The van der Waals surface area contributed by atoms with Crippen molar-refractivity contribution in [1.29, 1.82) is 0 Å². The molecule has 0 aliphatic rings. The molecule has 0 aliphatic carbocycles. The molecule has 0 atom stereocenters. The molecule has 0 saturated heterocycles. The predicted molar refractivity (Wildman–Crippen MR) is 269 cm³/mol. The molecule has 0 radical (unpaired) electrons. The zero-order valence-electron chi connectivity index (χ0n) is 43.3. The van der Waals surface area contributed by atoms with E-state index in [0.29, 0.717) is 0 Å². The maximum Gasteiger partial charge on any atom is 2.00 e. The molecule has 62 heavy (non-hydrogen) atoms. The molecule has 0 spiro atoms. The molecule has 0 heterocycles. The van der Waals surface area contributed by atoms with Crippen molar-refractivity contribution in [2.45, 2.75) is 329 Å². The Labute approximate surface area is 438 Å². The van der Waals surface area contributed by atoms with Crippen molar-refractivity contribution in [1.82, 2.24) is 0 Å². The van der Waals surface area contributed by atoms with E-state index >= 15 is 0 Å². The summed E-state index contributed by atoms with van der Waals surface area (Å²) in [6.07, 6.45) is 68.5. The summed E-state index contributed by atoms with van der Waals surface area (Å²) in [5.74, 6) is 0. The van der Waals surface area contributed by atoms with Crippen LogP contribution in [0.1, 0.15) is 329 Å². The Morgan fingerprint density at radius 1 is 0.242 bits per heavy atom. The summed E-state index contributed by atoms with van der Waals surface area (Å²) >= 11 is 3.27. The Hall–Kier alpha value is 2.40. The van der Waals surface area contributed by atoms with Crippen molar-refractivity contribution in [2.75, 3.05) is 0 Å². The van der Waals surface area contributed by atoms with E-state index in [2.05, 4.69) is 53.3 Å². The molecule has 0 rings (SSSR count). The van der Waals surface area contributed by atoms with Gasteiger partial charge in [0.15, 0.2) is 0 Å². The van der Waals surface area contributed by atoms with Gasteiger partial charge in [0.25, 0.3) is 0 Å². The Balaban J connectivity index is -0.000000135. The molecule has 0 aromatic carbocycles. The first-order chi connectivity index (χ1) is 28.7. The topological polar surface area (TPSA) is 69.2 Å². The molecule has 8 heteroatoms. The fourth-order valence-corrected chi connectivity index (χ4v) is 7.64. The van der Waals surface area contributed by atoms with Crippen LogP contribution >= 0.6 is 6.72 Å². The normalized spacial score (nSPS) is 10.5. The van der Waals surface area contributed by atoms with E-state index in [1.54, 1.807) is 0 Å². The van der Waals surface area contributed by atoms with Crippen LogP contribution in [0.3, 0.4) is 0 Å². The van der Waals surface area contributed by atoms with Gasteiger partial charge in [-0.05, 0) is 0 Å². The quantitative estimate of drug-likeness (QED) is 0.0264. The maximum absolute atomic E-state index is 8.92. The zero-order chi connectivity index (χ0) is 44.4. The van der Waals surface area contributed by atoms with Crippen LogP contribution in [0.15, 0.2) is 0 Å². The monoisotopic (exact) mass is 1060 g/mol. The minimum absolute atomic E-state index is 0. The summed E-state index contributed by atoms with van der Waals surface area (Å²) < 4.78 is 0. The first-order valence-corrected chi connectivity index (χ1v) is 29.4. The van der Waals surface area contributed by atoms with E-state index in [4.69, 9.17) is 14.7 Å². The van der Waals surface area contributed by atoms with Crippen LogP contribution in [0.25, 0.3) is 0 Å². The van der Waals surface area contributed by atoms with E-state index in [-0.39, 0.29) is 58.4 Å². The zero-order valence-corrected chi connectivity index (χ0v) is 53.9. The third kappa shape index (κ3) is 105. The van der Waals surface area contributed by atoms with Gasteiger partial charge in [-0.3, -0.25) is 0 Å². The predicted octanol–water partition coefficient (Wildman–Crippen LogP) is 18.5. The van der Waals surface area contributed by atoms with Crippen molar-refractivity contribution in [2.24, 2.45) is 0 Å². The van der Waals surface area contributed by atoms with Gasteiger partial charge in [0, 0.05) is 0 Å². The minimum Gasteiger partial charge on any atom is -0.844 e. The van der Waals surface area contributed by atoms with Gasteiger partial charge < -0.3 is 42.2 Å². The molecule has 0 N–H and O–H groups in total. The Morgan fingerprint density at radius 3 is 0.403 bits per heavy atom. The van der Waals surface area contributed by atoms with Crippen molar-refractivity contribution >= 4 is 18.5 Å². The number of rotatable bonds is 45. The first-order valence-electron chi connectivity index (χ1n) is 26.9. The largest absolute Gasteiger partial charge is 2.00 e.